The topological polar surface area (TPSA) is 114 Å². The second-order valence-corrected chi connectivity index (χ2v) is 24.3. The Hall–Kier alpha value is -2.29. The number of likely N-dealkylation sites (N-methyl/N-ethyl adjacent to an activating group) is 1. The van der Waals surface area contributed by atoms with Crippen molar-refractivity contribution in [3.63, 3.8) is 0 Å². The molecule has 0 spiro atoms. The largest absolute Gasteiger partial charge is 0.756 e. The summed E-state index contributed by atoms with van der Waals surface area (Å²) in [6.45, 7) is 6.82. The molecular weight excluding hydrogens is 964 g/mol. The number of nitrogens with zero attached hydrogens (tertiary/aromatic N) is 1. The first-order valence-electron chi connectivity index (χ1n) is 32.1. The summed E-state index contributed by atoms with van der Waals surface area (Å²) in [5.41, 5.74) is 0. The predicted molar refractivity (Wildman–Crippen MR) is 325 cm³/mol. The third-order valence-electron chi connectivity index (χ3n) is 14.2. The number of amides is 1. The minimum Gasteiger partial charge on any atom is -0.756 e. The lowest BCUT2D eigenvalue weighted by Crippen LogP contribution is -2.47. The lowest BCUT2D eigenvalue weighted by molar-refractivity contribution is -0.870. The molecule has 0 aromatic heterocycles. The zero-order valence-corrected chi connectivity index (χ0v) is 51.6. The van der Waals surface area contributed by atoms with Crippen molar-refractivity contribution in [3.8, 4) is 0 Å². The average molecular weight is 1090 g/mol. The van der Waals surface area contributed by atoms with Crippen molar-refractivity contribution in [2.45, 2.75) is 309 Å². The van der Waals surface area contributed by atoms with E-state index >= 15 is 0 Å². The molecule has 1 N–H and O–H groups in total. The third kappa shape index (κ3) is 56.4. The van der Waals surface area contributed by atoms with Crippen LogP contribution in [0, 0.1) is 0 Å². The summed E-state index contributed by atoms with van der Waals surface area (Å²) >= 11 is 0. The number of carbonyl (C=O) groups excluding carboxylic acids is 2. The second kappa shape index (κ2) is 56.0. The molecule has 444 valence electrons. The van der Waals surface area contributed by atoms with Crippen LogP contribution in [0.5, 0.6) is 0 Å². The average Bonchev–Trinajstić information content (AvgIpc) is 3.38. The summed E-state index contributed by atoms with van der Waals surface area (Å²) in [6, 6.07) is -0.897. The van der Waals surface area contributed by atoms with Crippen molar-refractivity contribution in [2.24, 2.45) is 0 Å². The number of unbranched alkanes of at least 4 members (excludes halogenated alkanes) is 34. The van der Waals surface area contributed by atoms with E-state index in [1.165, 1.54) is 167 Å². The summed E-state index contributed by atoms with van der Waals surface area (Å²) in [5, 5.41) is 3.03. The molecule has 0 bridgehead atoms. The highest BCUT2D eigenvalue weighted by Crippen LogP contribution is 2.38. The standard InChI is InChI=1S/C66H123N2O7P/c1-7-10-13-16-19-22-25-28-30-32-34-36-38-40-43-46-49-52-55-58-65(69)67-63(62-74-76(71,72)73-61-60-68(4,5)6)64(57-54-51-48-45-42-27-24-21-18-15-12-9-3)75-66(70)59-56-53-50-47-44-41-39-37-35-33-31-29-26-23-20-17-14-11-8-2/h19,22,28-31,34,36,54,57,63-64H,7-18,20-21,23-27,32-33,35,37-53,55-56,58-62H2,1-6H3,(H-,67,69,71,72)/b22-19-,30-28-,31-29+,36-34-,57-54+. The van der Waals surface area contributed by atoms with Crippen LogP contribution < -0.4 is 10.2 Å². The van der Waals surface area contributed by atoms with Gasteiger partial charge in [-0.15, -0.1) is 0 Å². The van der Waals surface area contributed by atoms with Crippen molar-refractivity contribution < 1.29 is 37.3 Å². The molecule has 76 heavy (non-hydrogen) atoms. The predicted octanol–water partition coefficient (Wildman–Crippen LogP) is 19.2. The lowest BCUT2D eigenvalue weighted by Gasteiger charge is -2.30. The van der Waals surface area contributed by atoms with Crippen LogP contribution in [0.4, 0.5) is 0 Å². The van der Waals surface area contributed by atoms with Crippen LogP contribution in [0.1, 0.15) is 297 Å². The Bertz CT molecular complexity index is 1490. The van der Waals surface area contributed by atoms with Gasteiger partial charge in [-0.3, -0.25) is 14.2 Å². The van der Waals surface area contributed by atoms with Gasteiger partial charge in [-0.25, -0.2) is 0 Å². The maximum Gasteiger partial charge on any atom is 0.306 e. The number of nitrogens with one attached hydrogen (secondary N) is 1. The van der Waals surface area contributed by atoms with E-state index in [0.29, 0.717) is 17.4 Å². The van der Waals surface area contributed by atoms with Gasteiger partial charge < -0.3 is 28.5 Å². The van der Waals surface area contributed by atoms with Gasteiger partial charge >= 0.3 is 5.97 Å². The molecule has 0 radical (unpaired) electrons. The zero-order valence-electron chi connectivity index (χ0n) is 50.7. The molecule has 9 nitrogen and oxygen atoms in total. The molecule has 0 saturated carbocycles. The monoisotopic (exact) mass is 1090 g/mol. The first-order chi connectivity index (χ1) is 36.9. The van der Waals surface area contributed by atoms with Crippen molar-refractivity contribution in [2.75, 3.05) is 40.9 Å². The quantitative estimate of drug-likeness (QED) is 0.0212. The van der Waals surface area contributed by atoms with Gasteiger partial charge in [0.05, 0.1) is 33.8 Å². The summed E-state index contributed by atoms with van der Waals surface area (Å²) < 4.78 is 30.3. The Balaban J connectivity index is 5.25. The molecule has 0 aliphatic heterocycles. The fraction of sp³-hybridized carbons (Fsp3) is 0.818. The maximum atomic E-state index is 13.5. The number of phosphoric acid groups is 1. The smallest absolute Gasteiger partial charge is 0.306 e. The molecule has 0 rings (SSSR count). The van der Waals surface area contributed by atoms with Gasteiger partial charge in [-0.1, -0.05) is 249 Å². The molecule has 0 aromatic rings. The number of ether oxygens (including phenoxy) is 1. The normalized spacial score (nSPS) is 14.0. The molecule has 0 fully saturated rings. The minimum absolute atomic E-state index is 0.0262. The van der Waals surface area contributed by atoms with E-state index in [9.17, 15) is 19.0 Å². The molecule has 0 heterocycles. The van der Waals surface area contributed by atoms with Gasteiger partial charge in [-0.2, -0.15) is 0 Å². The van der Waals surface area contributed by atoms with Crippen LogP contribution in [0.3, 0.4) is 0 Å². The summed E-state index contributed by atoms with van der Waals surface area (Å²) in [5.74, 6) is -0.551. The van der Waals surface area contributed by atoms with Crippen LogP contribution in [-0.4, -0.2) is 69.4 Å². The Morgan fingerprint density at radius 3 is 1.24 bits per heavy atom. The van der Waals surface area contributed by atoms with Crippen molar-refractivity contribution in [1.82, 2.24) is 5.32 Å². The van der Waals surface area contributed by atoms with E-state index in [-0.39, 0.29) is 24.9 Å². The summed E-state index contributed by atoms with van der Waals surface area (Å²) in [6.07, 6.45) is 70.4. The maximum absolute atomic E-state index is 13.5. The SMILES string of the molecule is CCCCC/C=C\C/C=C\C/C=C\CCCCCCCCC(=O)NC(COP(=O)([O-])OCC[N+](C)(C)C)C(/C=C/CCCCCCCCCCCC)OC(=O)CCCCCCCCCCC/C=C/CCCCCCCC. The minimum atomic E-state index is -4.70. The van der Waals surface area contributed by atoms with Gasteiger partial charge in [-0.05, 0) is 96.0 Å². The number of rotatable bonds is 58. The molecule has 0 saturated heterocycles. The third-order valence-corrected chi connectivity index (χ3v) is 15.1. The fourth-order valence-electron chi connectivity index (χ4n) is 9.17. The second-order valence-electron chi connectivity index (χ2n) is 22.9. The van der Waals surface area contributed by atoms with Crippen molar-refractivity contribution >= 4 is 19.7 Å². The van der Waals surface area contributed by atoms with Gasteiger partial charge in [0.15, 0.2) is 0 Å². The molecule has 10 heteroatoms. The van der Waals surface area contributed by atoms with Gasteiger partial charge in [0.2, 0.25) is 5.91 Å². The lowest BCUT2D eigenvalue weighted by atomic mass is 10.0. The number of phosphoric ester groups is 1. The molecule has 0 aliphatic carbocycles. The summed E-state index contributed by atoms with van der Waals surface area (Å²) in [7, 11) is 1.18. The number of carbonyl (C=O) groups is 2. The van der Waals surface area contributed by atoms with Gasteiger partial charge in [0.1, 0.15) is 19.3 Å². The Morgan fingerprint density at radius 1 is 0.461 bits per heavy atom. The molecule has 3 unspecified atom stereocenters. The number of hydrogen-bond acceptors (Lipinski definition) is 7. The van der Waals surface area contributed by atoms with E-state index in [1.807, 2.05) is 33.3 Å². The Labute approximate surface area is 471 Å². The van der Waals surface area contributed by atoms with E-state index in [0.717, 1.165) is 96.3 Å². The van der Waals surface area contributed by atoms with E-state index in [2.05, 4.69) is 74.7 Å². The molecule has 1 amide bonds. The first kappa shape index (κ1) is 73.7. The van der Waals surface area contributed by atoms with Crippen LogP contribution in [0.25, 0.3) is 0 Å². The Kier molecular flexibility index (Phi) is 54.3. The van der Waals surface area contributed by atoms with E-state index < -0.39 is 26.6 Å². The molecular formula is C66H123N2O7P. The highest BCUT2D eigenvalue weighted by atomic mass is 31.2. The molecule has 3 atom stereocenters. The van der Waals surface area contributed by atoms with Crippen molar-refractivity contribution in [1.29, 1.82) is 0 Å². The highest BCUT2D eigenvalue weighted by Gasteiger charge is 2.27. The zero-order chi connectivity index (χ0) is 55.7. The van der Waals surface area contributed by atoms with Crippen LogP contribution in [0.15, 0.2) is 60.8 Å². The van der Waals surface area contributed by atoms with E-state index in [1.54, 1.807) is 0 Å². The van der Waals surface area contributed by atoms with Crippen LogP contribution in [0.2, 0.25) is 0 Å². The molecule has 0 aromatic carbocycles. The van der Waals surface area contributed by atoms with Crippen LogP contribution >= 0.6 is 7.82 Å². The number of allylic oxidation sites excluding steroid dienone is 9. The highest BCUT2D eigenvalue weighted by molar-refractivity contribution is 7.45. The number of quaternary nitrogens is 1. The van der Waals surface area contributed by atoms with Gasteiger partial charge in [0.25, 0.3) is 7.82 Å². The summed E-state index contributed by atoms with van der Waals surface area (Å²) in [4.78, 5) is 40.0. The van der Waals surface area contributed by atoms with E-state index in [4.69, 9.17) is 13.8 Å². The molecule has 0 aliphatic rings. The van der Waals surface area contributed by atoms with Gasteiger partial charge in [0, 0.05) is 12.8 Å². The van der Waals surface area contributed by atoms with Crippen LogP contribution in [-0.2, 0) is 27.9 Å². The first-order valence-corrected chi connectivity index (χ1v) is 33.6. The number of esters is 1. The fourth-order valence-corrected chi connectivity index (χ4v) is 9.89. The Morgan fingerprint density at radius 2 is 0.803 bits per heavy atom. The van der Waals surface area contributed by atoms with Crippen molar-refractivity contribution in [3.05, 3.63) is 60.8 Å². The number of hydrogen-bond donors (Lipinski definition) is 1.